The topological polar surface area (TPSA) is 43.4 Å². The van der Waals surface area contributed by atoms with Crippen molar-refractivity contribution < 1.29 is 14.3 Å². The molecular weight excluding hydrogens is 697 g/mol. The fourth-order valence-corrected chi connectivity index (χ4v) is 12.8. The Hall–Kier alpha value is -7.10. The molecule has 0 radical (unpaired) electrons. The molecule has 14 aromatic rings. The van der Waals surface area contributed by atoms with Crippen molar-refractivity contribution in [1.29, 1.82) is 0 Å². The first kappa shape index (κ1) is 28.3. The third-order valence-electron chi connectivity index (χ3n) is 15.4. The summed E-state index contributed by atoms with van der Waals surface area (Å²) < 4.78 is 5.98. The van der Waals surface area contributed by atoms with Crippen LogP contribution in [0.25, 0.3) is 129 Å². The first-order chi connectivity index (χ1) is 27.8. The van der Waals surface area contributed by atoms with Crippen LogP contribution in [0.2, 0.25) is 0 Å². The molecule has 0 spiro atoms. The molecule has 0 atom stereocenters. The number of rotatable bonds is 0. The summed E-state index contributed by atoms with van der Waals surface area (Å²) in [6, 6.07) is 45.0. The van der Waals surface area contributed by atoms with E-state index in [0.29, 0.717) is 0 Å². The smallest absolute Gasteiger partial charge is 0.328 e. The second-order valence-corrected chi connectivity index (χ2v) is 17.6. The number of benzene rings is 12. The molecular formula is C54H26O3. The lowest BCUT2D eigenvalue weighted by atomic mass is 9.58. The number of ether oxygens (including phenoxy) is 1. The van der Waals surface area contributed by atoms with Gasteiger partial charge in [0.15, 0.2) is 0 Å². The van der Waals surface area contributed by atoms with E-state index in [9.17, 15) is 9.59 Å². The minimum atomic E-state index is -1.23. The Balaban J connectivity index is 1.10. The maximum Gasteiger partial charge on any atom is 0.328 e. The summed E-state index contributed by atoms with van der Waals surface area (Å²) in [7, 11) is 0. The lowest BCUT2D eigenvalue weighted by Gasteiger charge is -2.40. The van der Waals surface area contributed by atoms with Gasteiger partial charge in [0.2, 0.25) is 0 Å². The van der Waals surface area contributed by atoms with Gasteiger partial charge in [0.25, 0.3) is 0 Å². The molecule has 0 saturated carbocycles. The van der Waals surface area contributed by atoms with Gasteiger partial charge in [0, 0.05) is 0 Å². The third kappa shape index (κ3) is 2.66. The van der Waals surface area contributed by atoms with Gasteiger partial charge in [-0.2, -0.15) is 0 Å². The van der Waals surface area contributed by atoms with Crippen molar-refractivity contribution in [3.05, 3.63) is 144 Å². The van der Waals surface area contributed by atoms with Crippen LogP contribution >= 0.6 is 0 Å². The Bertz CT molecular complexity index is 3730. The summed E-state index contributed by atoms with van der Waals surface area (Å²) in [5, 5.41) is 29.6. The Kier molecular flexibility index (Phi) is 4.15. The van der Waals surface area contributed by atoms with Gasteiger partial charge in [-0.1, -0.05) is 97.1 Å². The molecule has 3 heteroatoms. The average molecular weight is 723 g/mol. The largest absolute Gasteiger partial charge is 0.391 e. The van der Waals surface area contributed by atoms with E-state index in [1.807, 2.05) is 13.8 Å². The average Bonchev–Trinajstić information content (AvgIpc) is 3.78. The minimum absolute atomic E-state index is 0.513. The molecule has 3 aliphatic rings. The molecule has 0 N–H and O–H groups in total. The Morgan fingerprint density at radius 3 is 0.754 bits per heavy atom. The molecule has 0 amide bonds. The highest BCUT2D eigenvalue weighted by molar-refractivity contribution is 6.50. The summed E-state index contributed by atoms with van der Waals surface area (Å²) in [5.41, 5.74) is 0.964. The summed E-state index contributed by atoms with van der Waals surface area (Å²) in [6.07, 6.45) is 0. The molecule has 1 aliphatic carbocycles. The van der Waals surface area contributed by atoms with E-state index in [2.05, 4.69) is 121 Å². The normalized spacial score (nSPS) is 20.1. The highest BCUT2D eigenvalue weighted by atomic mass is 16.6. The quantitative estimate of drug-likeness (QED) is 0.0889. The van der Waals surface area contributed by atoms with Crippen LogP contribution in [-0.4, -0.2) is 11.9 Å². The predicted octanol–water partition coefficient (Wildman–Crippen LogP) is 13.2. The van der Waals surface area contributed by atoms with Gasteiger partial charge >= 0.3 is 11.9 Å². The standard InChI is InChI=1S/C54H26O3/c1-53-37-19-33-29-15-11-25-7-3-23-5-9-27-13-17-31(49-45(27)41(23)43(25)47(29)49)35(33)21-39(37)54(2,52(56)57-51(53)55)40-22-36-32-18-14-28-10-6-24-4-8-26-12-16-30(34(36)20-38(40)53)48-44(26)42(24)46(28)50(32)48/h3-22H,1-2H3. The molecule has 0 aromatic heterocycles. The molecule has 260 valence electrons. The predicted molar refractivity (Wildman–Crippen MR) is 234 cm³/mol. The number of esters is 2. The van der Waals surface area contributed by atoms with Gasteiger partial charge in [-0.25, -0.2) is 0 Å². The lowest BCUT2D eigenvalue weighted by molar-refractivity contribution is -0.163. The van der Waals surface area contributed by atoms with E-state index < -0.39 is 22.8 Å². The molecule has 0 saturated heterocycles. The van der Waals surface area contributed by atoms with Gasteiger partial charge in [0.05, 0.1) is 0 Å². The fourth-order valence-electron chi connectivity index (χ4n) is 12.8. The zero-order valence-corrected chi connectivity index (χ0v) is 30.8. The molecule has 2 bridgehead atoms. The molecule has 2 heterocycles. The molecule has 57 heavy (non-hydrogen) atoms. The molecule has 2 aliphatic heterocycles. The maximum absolute atomic E-state index is 14.8. The van der Waals surface area contributed by atoms with Crippen LogP contribution in [0.3, 0.4) is 0 Å². The molecule has 3 nitrogen and oxygen atoms in total. The van der Waals surface area contributed by atoms with Crippen molar-refractivity contribution in [3.8, 4) is 0 Å². The van der Waals surface area contributed by atoms with Crippen molar-refractivity contribution in [2.24, 2.45) is 0 Å². The van der Waals surface area contributed by atoms with Crippen molar-refractivity contribution >= 4 is 141 Å². The van der Waals surface area contributed by atoms with E-state index in [-0.39, 0.29) is 0 Å². The highest BCUT2D eigenvalue weighted by Gasteiger charge is 2.59. The number of hydrogen-bond acceptors (Lipinski definition) is 3. The first-order valence-corrected chi connectivity index (χ1v) is 19.9. The lowest BCUT2D eigenvalue weighted by Crippen LogP contribution is -2.41. The molecule has 0 unspecified atom stereocenters. The third-order valence-corrected chi connectivity index (χ3v) is 15.4. The van der Waals surface area contributed by atoms with E-state index in [4.69, 9.17) is 4.74 Å². The summed E-state index contributed by atoms with van der Waals surface area (Å²) in [4.78, 5) is 29.5. The number of fused-ring (bicyclic) bond motifs is 8. The van der Waals surface area contributed by atoms with Crippen LogP contribution in [0, 0.1) is 0 Å². The highest BCUT2D eigenvalue weighted by Crippen LogP contribution is 2.59. The van der Waals surface area contributed by atoms with E-state index in [1.54, 1.807) is 0 Å². The van der Waals surface area contributed by atoms with Gasteiger partial charge < -0.3 is 4.74 Å². The van der Waals surface area contributed by atoms with Crippen LogP contribution in [-0.2, 0) is 25.2 Å². The molecule has 14 aromatic carbocycles. The van der Waals surface area contributed by atoms with Crippen molar-refractivity contribution in [2.75, 3.05) is 0 Å². The number of carbonyl (C=O) groups is 2. The van der Waals surface area contributed by atoms with Crippen LogP contribution < -0.4 is 0 Å². The van der Waals surface area contributed by atoms with E-state index in [1.165, 1.54) is 108 Å². The van der Waals surface area contributed by atoms with Gasteiger partial charge in [-0.3, -0.25) is 9.59 Å². The Morgan fingerprint density at radius 1 is 0.298 bits per heavy atom. The minimum Gasteiger partial charge on any atom is -0.391 e. The van der Waals surface area contributed by atoms with Crippen LogP contribution in [0.5, 0.6) is 0 Å². The van der Waals surface area contributed by atoms with Crippen LogP contribution in [0.15, 0.2) is 121 Å². The summed E-state index contributed by atoms with van der Waals surface area (Å²) >= 11 is 0. The van der Waals surface area contributed by atoms with Crippen LogP contribution in [0.4, 0.5) is 0 Å². The number of carbonyl (C=O) groups excluding carboxylic acids is 2. The number of hydrogen-bond donors (Lipinski definition) is 0. The summed E-state index contributed by atoms with van der Waals surface area (Å²) in [5.74, 6) is -1.03. The Labute approximate surface area is 322 Å². The fraction of sp³-hybridized carbons (Fsp3) is 0.0741. The van der Waals surface area contributed by atoms with Crippen molar-refractivity contribution in [1.82, 2.24) is 0 Å². The van der Waals surface area contributed by atoms with Crippen molar-refractivity contribution in [2.45, 2.75) is 24.7 Å². The zero-order valence-electron chi connectivity index (χ0n) is 30.8. The van der Waals surface area contributed by atoms with E-state index in [0.717, 1.165) is 43.8 Å². The molecule has 17 rings (SSSR count). The monoisotopic (exact) mass is 722 g/mol. The van der Waals surface area contributed by atoms with Gasteiger partial charge in [-0.15, -0.1) is 0 Å². The van der Waals surface area contributed by atoms with E-state index >= 15 is 0 Å². The van der Waals surface area contributed by atoms with Crippen LogP contribution in [0.1, 0.15) is 36.1 Å². The summed E-state index contributed by atoms with van der Waals surface area (Å²) in [6.45, 7) is 3.98. The zero-order chi connectivity index (χ0) is 37.2. The SMILES string of the molecule is CC12C(=O)OC(=O)C(C)(c3cc4c(cc31)c1ccc3ccc5ccc6ccc4c4c6c5c3c14)c1cc3c(cc12)c1ccc2ccc4ccc5ccc3c3c5c4c2c13. The second-order valence-electron chi connectivity index (χ2n) is 17.6. The van der Waals surface area contributed by atoms with Gasteiger partial charge in [0.1, 0.15) is 10.8 Å². The Morgan fingerprint density at radius 2 is 0.509 bits per heavy atom. The maximum atomic E-state index is 14.8. The van der Waals surface area contributed by atoms with Gasteiger partial charge in [-0.05, 0) is 190 Å². The molecule has 0 fully saturated rings. The first-order valence-electron chi connectivity index (χ1n) is 19.9. The van der Waals surface area contributed by atoms with Crippen molar-refractivity contribution in [3.63, 3.8) is 0 Å². The second kappa shape index (κ2) is 8.35.